The molecule has 0 saturated carbocycles. The van der Waals surface area contributed by atoms with Crippen LogP contribution >= 0.6 is 0 Å². The van der Waals surface area contributed by atoms with Crippen LogP contribution in [0.15, 0.2) is 24.3 Å². The third kappa shape index (κ3) is 4.69. The summed E-state index contributed by atoms with van der Waals surface area (Å²) in [4.78, 5) is 34.4. The molecule has 0 saturated heterocycles. The van der Waals surface area contributed by atoms with E-state index in [0.717, 1.165) is 5.56 Å². The Kier molecular flexibility index (Phi) is 6.27. The highest BCUT2D eigenvalue weighted by molar-refractivity contribution is 5.92. The zero-order valence-electron chi connectivity index (χ0n) is 15.7. The van der Waals surface area contributed by atoms with Crippen molar-refractivity contribution < 1.29 is 19.2 Å². The van der Waals surface area contributed by atoms with Gasteiger partial charge in [0.15, 0.2) is 6.10 Å². The van der Waals surface area contributed by atoms with Gasteiger partial charge in [-0.3, -0.25) is 19.6 Å². The summed E-state index contributed by atoms with van der Waals surface area (Å²) in [5.41, 5.74) is 1.97. The van der Waals surface area contributed by atoms with Gasteiger partial charge in [-0.25, -0.2) is 4.79 Å². The largest absolute Gasteiger partial charge is 0.449 e. The Morgan fingerprint density at radius 1 is 1.30 bits per heavy atom. The zero-order valence-corrected chi connectivity index (χ0v) is 15.7. The summed E-state index contributed by atoms with van der Waals surface area (Å²) < 4.78 is 6.68. The molecule has 0 bridgehead atoms. The van der Waals surface area contributed by atoms with Gasteiger partial charge in [0.05, 0.1) is 17.0 Å². The van der Waals surface area contributed by atoms with Gasteiger partial charge in [0.2, 0.25) is 0 Å². The average Bonchev–Trinajstić information content (AvgIpc) is 2.89. The van der Waals surface area contributed by atoms with Crippen molar-refractivity contribution in [1.29, 1.82) is 0 Å². The molecule has 1 atom stereocenters. The van der Waals surface area contributed by atoms with Gasteiger partial charge in [-0.1, -0.05) is 12.1 Å². The number of rotatable bonds is 7. The van der Waals surface area contributed by atoms with Gasteiger partial charge in [0, 0.05) is 6.54 Å². The molecular weight excluding hydrogens is 352 g/mol. The quantitative estimate of drug-likeness (QED) is 0.451. The monoisotopic (exact) mass is 374 g/mol. The lowest BCUT2D eigenvalue weighted by atomic mass is 10.1. The maximum Gasteiger partial charge on any atom is 0.338 e. The van der Waals surface area contributed by atoms with Crippen molar-refractivity contribution in [3.63, 3.8) is 0 Å². The van der Waals surface area contributed by atoms with Crippen LogP contribution in [-0.4, -0.2) is 39.2 Å². The molecule has 0 aliphatic carbocycles. The average molecular weight is 374 g/mol. The fourth-order valence-corrected chi connectivity index (χ4v) is 2.62. The number of nitrogens with zero attached hydrogens (tertiary/aromatic N) is 3. The second-order valence-corrected chi connectivity index (χ2v) is 6.07. The van der Waals surface area contributed by atoms with Gasteiger partial charge in [-0.15, -0.1) is 0 Å². The Balaban J connectivity index is 2.07. The molecule has 0 spiro atoms. The number of amides is 1. The minimum atomic E-state index is -0.882. The normalized spacial score (nSPS) is 11.7. The molecule has 9 heteroatoms. The van der Waals surface area contributed by atoms with Gasteiger partial charge >= 0.3 is 11.7 Å². The molecule has 2 rings (SSSR count). The molecule has 0 unspecified atom stereocenters. The number of hydrogen-bond acceptors (Lipinski definition) is 6. The van der Waals surface area contributed by atoms with Crippen LogP contribution in [0.25, 0.3) is 0 Å². The van der Waals surface area contributed by atoms with Crippen LogP contribution in [0.2, 0.25) is 0 Å². The number of hydrogen-bond donors (Lipinski definition) is 1. The highest BCUT2D eigenvalue weighted by Gasteiger charge is 2.22. The molecule has 0 aliphatic rings. The molecule has 1 N–H and O–H groups in total. The first kappa shape index (κ1) is 20.1. The van der Waals surface area contributed by atoms with E-state index in [-0.39, 0.29) is 11.6 Å². The fraction of sp³-hybridized carbons (Fsp3) is 0.389. The van der Waals surface area contributed by atoms with Crippen LogP contribution in [0.4, 0.5) is 5.69 Å². The molecule has 2 aromatic rings. The van der Waals surface area contributed by atoms with Crippen molar-refractivity contribution in [2.45, 2.75) is 40.3 Å². The first-order valence-corrected chi connectivity index (χ1v) is 8.50. The molecule has 0 radical (unpaired) electrons. The van der Waals surface area contributed by atoms with Crippen LogP contribution in [-0.2, 0) is 16.1 Å². The number of nitrogens with one attached hydrogen (secondary N) is 1. The second kappa shape index (κ2) is 8.43. The third-order valence-electron chi connectivity index (χ3n) is 4.05. The summed E-state index contributed by atoms with van der Waals surface area (Å²) in [6, 6.07) is 6.61. The minimum Gasteiger partial charge on any atom is -0.449 e. The highest BCUT2D eigenvalue weighted by atomic mass is 16.6. The minimum absolute atomic E-state index is 0.00883. The van der Waals surface area contributed by atoms with Gasteiger partial charge in [0.1, 0.15) is 11.4 Å². The molecule has 9 nitrogen and oxygen atoms in total. The first-order chi connectivity index (χ1) is 12.7. The lowest BCUT2D eigenvalue weighted by molar-refractivity contribution is -0.386. The number of aryl methyl sites for hydroxylation is 1. The number of nitro groups is 1. The summed E-state index contributed by atoms with van der Waals surface area (Å²) in [5.74, 6) is -0.948. The van der Waals surface area contributed by atoms with Crippen LogP contribution in [0.1, 0.15) is 41.2 Å². The topological polar surface area (TPSA) is 116 Å². The lowest BCUT2D eigenvalue weighted by Crippen LogP contribution is -2.35. The highest BCUT2D eigenvalue weighted by Crippen LogP contribution is 2.22. The number of ether oxygens (including phenoxy) is 1. The molecule has 1 aromatic heterocycles. The molecule has 0 aliphatic heterocycles. The number of carbonyl (C=O) groups excluding carboxylic acids is 2. The summed E-state index contributed by atoms with van der Waals surface area (Å²) >= 11 is 0. The number of aromatic nitrogens is 2. The Morgan fingerprint density at radius 2 is 1.93 bits per heavy atom. The van der Waals surface area contributed by atoms with Gasteiger partial charge < -0.3 is 10.1 Å². The third-order valence-corrected chi connectivity index (χ3v) is 4.05. The molecule has 0 fully saturated rings. The van der Waals surface area contributed by atoms with E-state index in [1.54, 1.807) is 49.7 Å². The number of benzene rings is 1. The van der Waals surface area contributed by atoms with E-state index in [1.165, 1.54) is 6.92 Å². The fourth-order valence-electron chi connectivity index (χ4n) is 2.62. The number of esters is 1. The summed E-state index contributed by atoms with van der Waals surface area (Å²) in [6.45, 7) is 7.32. The van der Waals surface area contributed by atoms with Crippen molar-refractivity contribution >= 4 is 17.6 Å². The Hall–Kier alpha value is -3.23. The summed E-state index contributed by atoms with van der Waals surface area (Å²) in [5, 5.41) is 17.9. The van der Waals surface area contributed by atoms with E-state index in [1.807, 2.05) is 0 Å². The van der Waals surface area contributed by atoms with E-state index in [9.17, 15) is 19.7 Å². The van der Waals surface area contributed by atoms with E-state index in [2.05, 4.69) is 10.4 Å². The molecule has 27 heavy (non-hydrogen) atoms. The second-order valence-electron chi connectivity index (χ2n) is 6.07. The van der Waals surface area contributed by atoms with Crippen molar-refractivity contribution in [1.82, 2.24) is 15.1 Å². The predicted octanol–water partition coefficient (Wildman–Crippen LogP) is 2.14. The first-order valence-electron chi connectivity index (χ1n) is 8.50. The molecule has 1 amide bonds. The SMILES string of the molecule is CCNC(=O)[C@H](C)OC(=O)c1ccc(Cn2nc(C)c([N+](=O)[O-])c2C)cc1. The van der Waals surface area contributed by atoms with Crippen LogP contribution in [0.5, 0.6) is 0 Å². The van der Waals surface area contributed by atoms with E-state index in [4.69, 9.17) is 4.74 Å². The molecule has 144 valence electrons. The van der Waals surface area contributed by atoms with E-state index >= 15 is 0 Å². The van der Waals surface area contributed by atoms with Gasteiger partial charge in [-0.05, 0) is 45.4 Å². The standard InChI is InChI=1S/C18H22N4O5/c1-5-19-17(23)13(4)27-18(24)15-8-6-14(7-9-15)10-21-12(3)16(22(25)26)11(2)20-21/h6-9,13H,5,10H2,1-4H3,(H,19,23)/t13-/m0/s1. The van der Waals surface area contributed by atoms with Crippen molar-refractivity contribution in [2.24, 2.45) is 0 Å². The summed E-state index contributed by atoms with van der Waals surface area (Å²) in [7, 11) is 0. The van der Waals surface area contributed by atoms with Crippen molar-refractivity contribution in [3.05, 3.63) is 56.9 Å². The number of likely N-dealkylation sites (N-methyl/N-ethyl adjacent to an activating group) is 1. The lowest BCUT2D eigenvalue weighted by Gasteiger charge is -2.13. The van der Waals surface area contributed by atoms with Crippen LogP contribution in [0, 0.1) is 24.0 Å². The molecule has 1 aromatic carbocycles. The Labute approximate surface area is 156 Å². The van der Waals surface area contributed by atoms with Crippen molar-refractivity contribution in [3.8, 4) is 0 Å². The predicted molar refractivity (Wildman–Crippen MR) is 97.5 cm³/mol. The van der Waals surface area contributed by atoms with E-state index in [0.29, 0.717) is 30.0 Å². The van der Waals surface area contributed by atoms with Gasteiger partial charge in [0.25, 0.3) is 5.91 Å². The van der Waals surface area contributed by atoms with E-state index < -0.39 is 17.0 Å². The Bertz CT molecular complexity index is 857. The zero-order chi connectivity index (χ0) is 20.1. The molecule has 1 heterocycles. The van der Waals surface area contributed by atoms with Crippen LogP contribution in [0.3, 0.4) is 0 Å². The molecular formula is C18H22N4O5. The summed E-state index contributed by atoms with van der Waals surface area (Å²) in [6.07, 6.45) is -0.882. The maximum absolute atomic E-state index is 12.1. The van der Waals surface area contributed by atoms with Crippen LogP contribution < -0.4 is 5.32 Å². The maximum atomic E-state index is 12.1. The smallest absolute Gasteiger partial charge is 0.338 e. The van der Waals surface area contributed by atoms with Crippen molar-refractivity contribution in [2.75, 3.05) is 6.54 Å². The van der Waals surface area contributed by atoms with Gasteiger partial charge in [-0.2, -0.15) is 5.10 Å². The Morgan fingerprint density at radius 3 is 2.44 bits per heavy atom. The number of carbonyl (C=O) groups is 2.